The van der Waals surface area contributed by atoms with Gasteiger partial charge in [-0.2, -0.15) is 0 Å². The molecule has 6 nitrogen and oxygen atoms in total. The van der Waals surface area contributed by atoms with E-state index in [4.69, 9.17) is 0 Å². The normalized spacial score (nSPS) is 14.7. The van der Waals surface area contributed by atoms with Crippen molar-refractivity contribution in [1.82, 2.24) is 14.9 Å². The topological polar surface area (TPSA) is 75.2 Å². The molecular weight excluding hydrogens is 376 g/mol. The van der Waals surface area contributed by atoms with Crippen LogP contribution >= 0.6 is 0 Å². The minimum absolute atomic E-state index is 0.0116. The molecule has 0 radical (unpaired) electrons. The number of aryl methyl sites for hydroxylation is 3. The van der Waals surface area contributed by atoms with Gasteiger partial charge in [0.1, 0.15) is 5.82 Å². The predicted octanol–water partition coefficient (Wildman–Crippen LogP) is 4.05. The van der Waals surface area contributed by atoms with Gasteiger partial charge in [0.05, 0.1) is 16.8 Å². The van der Waals surface area contributed by atoms with Gasteiger partial charge in [0, 0.05) is 30.6 Å². The molecule has 1 saturated heterocycles. The molecule has 30 heavy (non-hydrogen) atoms. The molecule has 1 aliphatic heterocycles. The number of amides is 2. The average Bonchev–Trinajstić information content (AvgIpc) is 2.75. The summed E-state index contributed by atoms with van der Waals surface area (Å²) < 4.78 is 0. The van der Waals surface area contributed by atoms with Crippen LogP contribution in [0.25, 0.3) is 10.9 Å². The number of aromatic nitrogens is 2. The third kappa shape index (κ3) is 4.17. The maximum Gasteiger partial charge on any atom is 0.255 e. The van der Waals surface area contributed by atoms with Crippen LogP contribution in [0.4, 0.5) is 5.82 Å². The van der Waals surface area contributed by atoms with Crippen molar-refractivity contribution in [3.8, 4) is 0 Å². The third-order valence-corrected chi connectivity index (χ3v) is 5.71. The van der Waals surface area contributed by atoms with Gasteiger partial charge in [-0.25, -0.2) is 4.98 Å². The van der Waals surface area contributed by atoms with Crippen molar-refractivity contribution in [3.63, 3.8) is 0 Å². The van der Waals surface area contributed by atoms with Crippen LogP contribution < -0.4 is 5.32 Å². The molecule has 2 amide bonds. The van der Waals surface area contributed by atoms with Crippen molar-refractivity contribution >= 4 is 28.5 Å². The fourth-order valence-corrected chi connectivity index (χ4v) is 3.89. The average molecular weight is 402 g/mol. The highest BCUT2D eigenvalue weighted by Gasteiger charge is 2.29. The van der Waals surface area contributed by atoms with Crippen molar-refractivity contribution in [2.45, 2.75) is 33.6 Å². The molecule has 0 aliphatic carbocycles. The van der Waals surface area contributed by atoms with Crippen molar-refractivity contribution in [1.29, 1.82) is 0 Å². The van der Waals surface area contributed by atoms with Crippen LogP contribution in [0.15, 0.2) is 42.6 Å². The Morgan fingerprint density at radius 1 is 1.00 bits per heavy atom. The van der Waals surface area contributed by atoms with E-state index in [0.717, 1.165) is 27.7 Å². The zero-order valence-electron chi connectivity index (χ0n) is 17.6. The lowest BCUT2D eigenvalue weighted by Crippen LogP contribution is -2.41. The first-order valence-electron chi connectivity index (χ1n) is 10.3. The number of nitrogens with one attached hydrogen (secondary N) is 1. The molecule has 0 unspecified atom stereocenters. The number of fused-ring (bicyclic) bond motifs is 1. The Kier molecular flexibility index (Phi) is 5.48. The summed E-state index contributed by atoms with van der Waals surface area (Å²) in [7, 11) is 0. The quantitative estimate of drug-likeness (QED) is 0.717. The van der Waals surface area contributed by atoms with Crippen LogP contribution in [0.2, 0.25) is 0 Å². The Hall–Kier alpha value is -3.28. The number of nitrogens with zero attached hydrogens (tertiary/aromatic N) is 3. The summed E-state index contributed by atoms with van der Waals surface area (Å²) in [6, 6.07) is 11.7. The molecule has 1 fully saturated rings. The molecule has 2 aromatic heterocycles. The Morgan fingerprint density at radius 3 is 2.43 bits per heavy atom. The molecule has 3 heterocycles. The summed E-state index contributed by atoms with van der Waals surface area (Å²) in [5, 5.41) is 3.86. The van der Waals surface area contributed by atoms with Gasteiger partial charge in [-0.15, -0.1) is 0 Å². The van der Waals surface area contributed by atoms with E-state index in [1.165, 1.54) is 0 Å². The summed E-state index contributed by atoms with van der Waals surface area (Å²) >= 11 is 0. The second-order valence-electron chi connectivity index (χ2n) is 8.09. The molecule has 154 valence electrons. The number of benzene rings is 1. The number of hydrogen-bond acceptors (Lipinski definition) is 4. The standard InChI is InChI=1S/C24H26N4O2/c1-15-4-6-21-19(12-15)13-20(17(3)26-21)24(30)28-10-8-18(9-11-28)23(29)27-22-7-5-16(2)14-25-22/h4-7,12-14,18H,8-11H2,1-3H3,(H,25,27,29). The van der Waals surface area contributed by atoms with Gasteiger partial charge in [-0.05, 0) is 63.4 Å². The van der Waals surface area contributed by atoms with Crippen LogP contribution in [0.5, 0.6) is 0 Å². The summed E-state index contributed by atoms with van der Waals surface area (Å²) in [6.07, 6.45) is 3.02. The monoisotopic (exact) mass is 402 g/mol. The van der Waals surface area contributed by atoms with Crippen molar-refractivity contribution in [3.05, 3.63) is 65.0 Å². The highest BCUT2D eigenvalue weighted by molar-refractivity contribution is 5.99. The van der Waals surface area contributed by atoms with E-state index in [0.29, 0.717) is 37.3 Å². The van der Waals surface area contributed by atoms with Crippen LogP contribution in [-0.4, -0.2) is 39.8 Å². The van der Waals surface area contributed by atoms with Crippen LogP contribution in [0.3, 0.4) is 0 Å². The van der Waals surface area contributed by atoms with Crippen LogP contribution in [-0.2, 0) is 4.79 Å². The van der Waals surface area contributed by atoms with Gasteiger partial charge in [-0.3, -0.25) is 14.6 Å². The highest BCUT2D eigenvalue weighted by Crippen LogP contribution is 2.23. The number of likely N-dealkylation sites (tertiary alicyclic amines) is 1. The molecule has 6 heteroatoms. The number of anilines is 1. The summed E-state index contributed by atoms with van der Waals surface area (Å²) in [4.78, 5) is 36.4. The minimum atomic E-state index is -0.115. The number of pyridine rings is 2. The van der Waals surface area contributed by atoms with Gasteiger partial charge in [0.2, 0.25) is 5.91 Å². The first-order chi connectivity index (χ1) is 14.4. The van der Waals surface area contributed by atoms with Crippen molar-refractivity contribution < 1.29 is 9.59 Å². The van der Waals surface area contributed by atoms with E-state index < -0.39 is 0 Å². The van der Waals surface area contributed by atoms with Gasteiger partial charge >= 0.3 is 0 Å². The van der Waals surface area contributed by atoms with Gasteiger partial charge in [-0.1, -0.05) is 17.7 Å². The van der Waals surface area contributed by atoms with Crippen molar-refractivity contribution in [2.24, 2.45) is 5.92 Å². The highest BCUT2D eigenvalue weighted by atomic mass is 16.2. The maximum atomic E-state index is 13.1. The molecule has 0 bridgehead atoms. The Labute approximate surface area is 176 Å². The fourth-order valence-electron chi connectivity index (χ4n) is 3.89. The zero-order valence-corrected chi connectivity index (χ0v) is 17.6. The van der Waals surface area contributed by atoms with Gasteiger partial charge in [0.15, 0.2) is 0 Å². The van der Waals surface area contributed by atoms with E-state index >= 15 is 0 Å². The molecule has 4 rings (SSSR count). The lowest BCUT2D eigenvalue weighted by molar-refractivity contribution is -0.121. The Balaban J connectivity index is 1.41. The third-order valence-electron chi connectivity index (χ3n) is 5.71. The van der Waals surface area contributed by atoms with E-state index in [-0.39, 0.29) is 17.7 Å². The Bertz CT molecular complexity index is 1100. The molecular formula is C24H26N4O2. The molecule has 0 atom stereocenters. The minimum Gasteiger partial charge on any atom is -0.339 e. The van der Waals surface area contributed by atoms with Gasteiger partial charge in [0.25, 0.3) is 5.91 Å². The van der Waals surface area contributed by atoms with E-state index in [1.54, 1.807) is 6.20 Å². The lowest BCUT2D eigenvalue weighted by atomic mass is 9.95. The summed E-state index contributed by atoms with van der Waals surface area (Å²) in [5.41, 5.74) is 4.46. The molecule has 0 spiro atoms. The predicted molar refractivity (Wildman–Crippen MR) is 117 cm³/mol. The van der Waals surface area contributed by atoms with Gasteiger partial charge < -0.3 is 10.2 Å². The van der Waals surface area contributed by atoms with E-state index in [2.05, 4.69) is 15.3 Å². The molecule has 0 saturated carbocycles. The first-order valence-corrected chi connectivity index (χ1v) is 10.3. The zero-order chi connectivity index (χ0) is 21.3. The second-order valence-corrected chi connectivity index (χ2v) is 8.09. The number of carbonyl (C=O) groups excluding carboxylic acids is 2. The molecule has 1 aliphatic rings. The van der Waals surface area contributed by atoms with Crippen molar-refractivity contribution in [2.75, 3.05) is 18.4 Å². The molecule has 3 aromatic rings. The first kappa shape index (κ1) is 20.0. The SMILES string of the molecule is Cc1ccc(NC(=O)C2CCN(C(=O)c3cc4cc(C)ccc4nc3C)CC2)nc1. The van der Waals surface area contributed by atoms with Crippen LogP contribution in [0.1, 0.15) is 40.0 Å². The lowest BCUT2D eigenvalue weighted by Gasteiger charge is -2.31. The number of carbonyl (C=O) groups is 2. The van der Waals surface area contributed by atoms with Crippen LogP contribution in [0, 0.1) is 26.7 Å². The smallest absolute Gasteiger partial charge is 0.255 e. The number of piperidine rings is 1. The number of hydrogen-bond donors (Lipinski definition) is 1. The van der Waals surface area contributed by atoms with E-state index in [9.17, 15) is 9.59 Å². The maximum absolute atomic E-state index is 13.1. The van der Waals surface area contributed by atoms with E-state index in [1.807, 2.05) is 62.1 Å². The summed E-state index contributed by atoms with van der Waals surface area (Å²) in [6.45, 7) is 6.98. The summed E-state index contributed by atoms with van der Waals surface area (Å²) in [5.74, 6) is 0.410. The molecule has 1 N–H and O–H groups in total. The fraction of sp³-hybridized carbons (Fsp3) is 0.333. The molecule has 1 aromatic carbocycles. The Morgan fingerprint density at radius 2 is 1.73 bits per heavy atom. The number of rotatable bonds is 3. The second kappa shape index (κ2) is 8.22. The largest absolute Gasteiger partial charge is 0.339 e.